The first-order valence-corrected chi connectivity index (χ1v) is 9.09. The Labute approximate surface area is 143 Å². The number of nitrogens with zero attached hydrogens (tertiary/aromatic N) is 2. The van der Waals surface area contributed by atoms with E-state index in [4.69, 9.17) is 5.10 Å². The van der Waals surface area contributed by atoms with Crippen molar-refractivity contribution in [2.24, 2.45) is 11.0 Å². The minimum absolute atomic E-state index is 0.247. The van der Waals surface area contributed by atoms with Crippen LogP contribution in [0.25, 0.3) is 0 Å². The quantitative estimate of drug-likeness (QED) is 0.759. The maximum Gasteiger partial charge on any atom is 0.137 e. The molecule has 0 aromatic heterocycles. The molecule has 3 aliphatic rings. The highest BCUT2D eigenvalue weighted by Gasteiger charge is 2.57. The van der Waals surface area contributed by atoms with Gasteiger partial charge in [0, 0.05) is 12.1 Å². The molecule has 2 nitrogen and oxygen atoms in total. The lowest BCUT2D eigenvalue weighted by molar-refractivity contribution is 0.195. The zero-order valence-corrected chi connectivity index (χ0v) is 13.8. The predicted octanol–water partition coefficient (Wildman–Crippen LogP) is 4.49. The fourth-order valence-corrected chi connectivity index (χ4v) is 5.98. The van der Waals surface area contributed by atoms with Gasteiger partial charge in [-0.15, -0.1) is 0 Å². The van der Waals surface area contributed by atoms with Crippen molar-refractivity contribution in [3.05, 3.63) is 70.8 Å². The first kappa shape index (κ1) is 14.5. The summed E-state index contributed by atoms with van der Waals surface area (Å²) in [5, 5.41) is 7.40. The van der Waals surface area contributed by atoms with E-state index < -0.39 is 11.6 Å². The number of fused-ring (bicyclic) bond motifs is 1. The van der Waals surface area contributed by atoms with Gasteiger partial charge in [0.1, 0.15) is 21.5 Å². The average molecular weight is 342 g/mol. The zero-order chi connectivity index (χ0) is 16.3. The summed E-state index contributed by atoms with van der Waals surface area (Å²) in [5.41, 5.74) is 2.91. The van der Waals surface area contributed by atoms with Crippen molar-refractivity contribution in [2.75, 3.05) is 6.54 Å². The van der Waals surface area contributed by atoms with Gasteiger partial charge < -0.3 is 0 Å². The van der Waals surface area contributed by atoms with Crippen LogP contribution < -0.4 is 0 Å². The Kier molecular flexibility index (Phi) is 3.05. The SMILES string of the molecule is Fc1ccc(F)c(C2=NN3CCC4CCc5ccccc5C43S2)c1. The lowest BCUT2D eigenvalue weighted by Gasteiger charge is -2.40. The third kappa shape index (κ3) is 1.85. The number of aryl methyl sites for hydroxylation is 1. The van der Waals surface area contributed by atoms with Crippen LogP contribution >= 0.6 is 11.8 Å². The Balaban J connectivity index is 1.64. The van der Waals surface area contributed by atoms with Crippen molar-refractivity contribution in [1.29, 1.82) is 0 Å². The molecule has 0 N–H and O–H groups in total. The lowest BCUT2D eigenvalue weighted by Crippen LogP contribution is -2.40. The van der Waals surface area contributed by atoms with Crippen LogP contribution in [0, 0.1) is 17.6 Å². The number of benzene rings is 2. The zero-order valence-electron chi connectivity index (χ0n) is 13.0. The average Bonchev–Trinajstić information content (AvgIpc) is 3.12. The van der Waals surface area contributed by atoms with Crippen LogP contribution in [-0.2, 0) is 11.3 Å². The second-order valence-corrected chi connectivity index (χ2v) is 7.85. The largest absolute Gasteiger partial charge is 0.275 e. The maximum absolute atomic E-state index is 14.2. The van der Waals surface area contributed by atoms with Crippen molar-refractivity contribution in [3.63, 3.8) is 0 Å². The highest BCUT2D eigenvalue weighted by atomic mass is 32.2. The van der Waals surface area contributed by atoms with Crippen LogP contribution in [0.1, 0.15) is 29.5 Å². The molecule has 122 valence electrons. The van der Waals surface area contributed by atoms with Crippen LogP contribution in [0.15, 0.2) is 47.6 Å². The third-order valence-corrected chi connectivity index (χ3v) is 6.98. The molecule has 2 atom stereocenters. The summed E-state index contributed by atoms with van der Waals surface area (Å²) in [6.45, 7) is 0.867. The van der Waals surface area contributed by atoms with Gasteiger partial charge in [0.05, 0.1) is 0 Å². The van der Waals surface area contributed by atoms with Crippen molar-refractivity contribution in [3.8, 4) is 0 Å². The molecule has 0 bridgehead atoms. The first-order chi connectivity index (χ1) is 11.7. The van der Waals surface area contributed by atoms with Crippen molar-refractivity contribution in [2.45, 2.75) is 24.1 Å². The molecule has 1 spiro atoms. The second-order valence-electron chi connectivity index (χ2n) is 6.63. The molecule has 1 saturated heterocycles. The Morgan fingerprint density at radius 1 is 1.12 bits per heavy atom. The molecule has 2 heterocycles. The van der Waals surface area contributed by atoms with Crippen LogP contribution in [0.4, 0.5) is 8.78 Å². The highest BCUT2D eigenvalue weighted by molar-refractivity contribution is 8.15. The fraction of sp³-hybridized carbons (Fsp3) is 0.316. The number of hydrogen-bond donors (Lipinski definition) is 0. The summed E-state index contributed by atoms with van der Waals surface area (Å²) in [4.78, 5) is -0.247. The van der Waals surface area contributed by atoms with E-state index in [0.717, 1.165) is 31.9 Å². The molecule has 2 aromatic rings. The molecule has 5 heteroatoms. The molecule has 0 amide bonds. The van der Waals surface area contributed by atoms with Crippen LogP contribution in [0.2, 0.25) is 0 Å². The number of rotatable bonds is 1. The Morgan fingerprint density at radius 3 is 2.92 bits per heavy atom. The van der Waals surface area contributed by atoms with E-state index >= 15 is 0 Å². The summed E-state index contributed by atoms with van der Waals surface area (Å²) < 4.78 is 27.9. The van der Waals surface area contributed by atoms with E-state index in [-0.39, 0.29) is 10.4 Å². The molecule has 1 fully saturated rings. The normalized spacial score (nSPS) is 27.5. The monoisotopic (exact) mass is 342 g/mol. The predicted molar refractivity (Wildman–Crippen MR) is 91.7 cm³/mol. The molecule has 2 aliphatic heterocycles. The summed E-state index contributed by atoms with van der Waals surface area (Å²) in [7, 11) is 0. The lowest BCUT2D eigenvalue weighted by atomic mass is 9.80. The number of hydrogen-bond acceptors (Lipinski definition) is 3. The van der Waals surface area contributed by atoms with Gasteiger partial charge in [-0.25, -0.2) is 8.78 Å². The van der Waals surface area contributed by atoms with Gasteiger partial charge >= 0.3 is 0 Å². The van der Waals surface area contributed by atoms with Crippen LogP contribution in [0.5, 0.6) is 0 Å². The highest BCUT2D eigenvalue weighted by Crippen LogP contribution is 2.60. The van der Waals surface area contributed by atoms with E-state index in [1.807, 2.05) is 0 Å². The van der Waals surface area contributed by atoms with Crippen molar-refractivity contribution < 1.29 is 8.78 Å². The molecular formula is C19H16F2N2S. The topological polar surface area (TPSA) is 15.6 Å². The van der Waals surface area contributed by atoms with Gasteiger partial charge in [0.15, 0.2) is 0 Å². The van der Waals surface area contributed by atoms with E-state index in [0.29, 0.717) is 11.0 Å². The van der Waals surface area contributed by atoms with E-state index in [1.54, 1.807) is 11.8 Å². The summed E-state index contributed by atoms with van der Waals surface area (Å²) in [5.74, 6) is -0.351. The van der Waals surface area contributed by atoms with Gasteiger partial charge in [-0.05, 0) is 54.5 Å². The molecule has 2 unspecified atom stereocenters. The molecule has 0 saturated carbocycles. The maximum atomic E-state index is 14.2. The minimum atomic E-state index is -0.431. The molecule has 5 rings (SSSR count). The fourth-order valence-electron chi connectivity index (χ4n) is 4.33. The smallest absolute Gasteiger partial charge is 0.137 e. The summed E-state index contributed by atoms with van der Waals surface area (Å²) in [6, 6.07) is 12.1. The molecule has 1 aliphatic carbocycles. The molecule has 2 aromatic carbocycles. The number of halogens is 2. The Bertz CT molecular complexity index is 866. The van der Waals surface area contributed by atoms with Crippen LogP contribution in [0.3, 0.4) is 0 Å². The van der Waals surface area contributed by atoms with Gasteiger partial charge in [0.2, 0.25) is 0 Å². The van der Waals surface area contributed by atoms with Crippen molar-refractivity contribution in [1.82, 2.24) is 5.01 Å². The van der Waals surface area contributed by atoms with E-state index in [9.17, 15) is 8.78 Å². The summed E-state index contributed by atoms with van der Waals surface area (Å²) in [6.07, 6.45) is 3.30. The van der Waals surface area contributed by atoms with Gasteiger partial charge in [0.25, 0.3) is 0 Å². The first-order valence-electron chi connectivity index (χ1n) is 8.27. The van der Waals surface area contributed by atoms with Gasteiger partial charge in [-0.3, -0.25) is 5.01 Å². The standard InChI is InChI=1S/C19H16F2N2S/c20-14-7-8-17(21)15(11-14)18-22-23-10-9-13-6-5-12-3-1-2-4-16(12)19(13,23)24-18/h1-4,7-8,11,13H,5-6,9-10H2. The van der Waals surface area contributed by atoms with E-state index in [2.05, 4.69) is 29.3 Å². The summed E-state index contributed by atoms with van der Waals surface area (Å²) >= 11 is 1.60. The minimum Gasteiger partial charge on any atom is -0.275 e. The Hall–Kier alpha value is -1.88. The third-order valence-electron chi connectivity index (χ3n) is 5.41. The molecular weight excluding hydrogens is 326 g/mol. The van der Waals surface area contributed by atoms with Gasteiger partial charge in [-0.2, -0.15) is 5.10 Å². The Morgan fingerprint density at radius 2 is 2.00 bits per heavy atom. The van der Waals surface area contributed by atoms with Crippen LogP contribution in [-0.4, -0.2) is 16.6 Å². The van der Waals surface area contributed by atoms with Crippen molar-refractivity contribution >= 4 is 16.8 Å². The number of hydrazone groups is 1. The second kappa shape index (κ2) is 5.06. The number of thioether (sulfide) groups is 1. The van der Waals surface area contributed by atoms with E-state index in [1.165, 1.54) is 23.3 Å². The van der Waals surface area contributed by atoms with Gasteiger partial charge in [-0.1, -0.05) is 36.0 Å². The molecule has 0 radical (unpaired) electrons. The molecule has 24 heavy (non-hydrogen) atoms.